The smallest absolute Gasteiger partial charge is 0.405 e. The Morgan fingerprint density at radius 1 is 1.15 bits per heavy atom. The van der Waals surface area contributed by atoms with Crippen LogP contribution >= 0.6 is 0 Å². The molecule has 0 bridgehead atoms. The second kappa shape index (κ2) is 5.91. The summed E-state index contributed by atoms with van der Waals surface area (Å²) in [5.74, 6) is 0.502. The van der Waals surface area contributed by atoms with Crippen LogP contribution in [0.25, 0.3) is 11.3 Å². The van der Waals surface area contributed by atoms with Crippen molar-refractivity contribution in [2.45, 2.75) is 18.4 Å². The Bertz CT molecular complexity index is 925. The van der Waals surface area contributed by atoms with Crippen molar-refractivity contribution >= 4 is 23.4 Å². The van der Waals surface area contributed by atoms with Crippen LogP contribution in [-0.4, -0.2) is 24.3 Å². The van der Waals surface area contributed by atoms with Crippen LogP contribution < -0.4 is 10.1 Å². The van der Waals surface area contributed by atoms with E-state index in [0.29, 0.717) is 22.6 Å². The van der Waals surface area contributed by atoms with Crippen LogP contribution in [-0.2, 0) is 15.1 Å². The zero-order chi connectivity index (χ0) is 18.3. The first kappa shape index (κ1) is 16.2. The lowest BCUT2D eigenvalue weighted by molar-refractivity contribution is -0.127. The van der Waals surface area contributed by atoms with Gasteiger partial charge in [-0.1, -0.05) is 42.5 Å². The van der Waals surface area contributed by atoms with Crippen LogP contribution in [0.2, 0.25) is 0 Å². The van der Waals surface area contributed by atoms with E-state index >= 15 is 0 Å². The predicted molar refractivity (Wildman–Crippen MR) is 94.4 cm³/mol. The van der Waals surface area contributed by atoms with Gasteiger partial charge in [0.1, 0.15) is 17.1 Å². The number of esters is 1. The first-order chi connectivity index (χ1) is 12.5. The lowest BCUT2D eigenvalue weighted by atomic mass is 9.98. The zero-order valence-electron chi connectivity index (χ0n) is 14.1. The molecule has 0 radical (unpaired) electrons. The third-order valence-electron chi connectivity index (χ3n) is 4.79. The number of fused-ring (bicyclic) bond motifs is 1. The molecule has 6 nitrogen and oxygen atoms in total. The number of carbonyl (C=O) groups is 2. The molecule has 2 aromatic carbocycles. The topological polar surface area (TPSA) is 84.9 Å². The maximum absolute atomic E-state index is 12.3. The monoisotopic (exact) mass is 351 g/mol. The average molecular weight is 351 g/mol. The first-order valence-electron chi connectivity index (χ1n) is 8.26. The van der Waals surface area contributed by atoms with E-state index in [-0.39, 0.29) is 0 Å². The molecule has 26 heavy (non-hydrogen) atoms. The Morgan fingerprint density at radius 3 is 2.46 bits per heavy atom. The van der Waals surface area contributed by atoms with Crippen LogP contribution in [0.15, 0.2) is 48.5 Å². The fourth-order valence-corrected chi connectivity index (χ4v) is 3.36. The van der Waals surface area contributed by atoms with Gasteiger partial charge < -0.3 is 19.9 Å². The SMILES string of the molecule is CO/C(=C1\C(=O)Oc2ccccc21)c1ccc(C2(NC(=O)O)CC2)cc1. The van der Waals surface area contributed by atoms with Crippen molar-refractivity contribution in [1.29, 1.82) is 0 Å². The average Bonchev–Trinajstić information content (AvgIpc) is 3.32. The van der Waals surface area contributed by atoms with E-state index in [2.05, 4.69) is 5.32 Å². The number of carbonyl (C=O) groups excluding carboxylic acids is 1. The van der Waals surface area contributed by atoms with Crippen LogP contribution in [0.3, 0.4) is 0 Å². The second-order valence-electron chi connectivity index (χ2n) is 6.38. The van der Waals surface area contributed by atoms with Gasteiger partial charge in [-0.25, -0.2) is 9.59 Å². The van der Waals surface area contributed by atoms with Crippen molar-refractivity contribution < 1.29 is 24.2 Å². The van der Waals surface area contributed by atoms with E-state index in [1.807, 2.05) is 36.4 Å². The van der Waals surface area contributed by atoms with Gasteiger partial charge in [-0.05, 0) is 24.5 Å². The Hall–Kier alpha value is -3.28. The van der Waals surface area contributed by atoms with E-state index < -0.39 is 17.6 Å². The molecule has 2 N–H and O–H groups in total. The van der Waals surface area contributed by atoms with Crippen LogP contribution in [0.4, 0.5) is 4.79 Å². The minimum atomic E-state index is -1.03. The second-order valence-corrected chi connectivity index (χ2v) is 6.38. The summed E-state index contributed by atoms with van der Waals surface area (Å²) in [6, 6.07) is 14.6. The number of carboxylic acid groups (broad SMARTS) is 1. The molecule has 0 unspecified atom stereocenters. The van der Waals surface area contributed by atoms with Gasteiger partial charge in [0.05, 0.1) is 12.6 Å². The van der Waals surface area contributed by atoms with Crippen molar-refractivity contribution in [2.75, 3.05) is 7.11 Å². The van der Waals surface area contributed by atoms with Gasteiger partial charge in [-0.3, -0.25) is 0 Å². The van der Waals surface area contributed by atoms with E-state index in [9.17, 15) is 9.59 Å². The normalized spacial score (nSPS) is 18.6. The summed E-state index contributed by atoms with van der Waals surface area (Å²) in [5.41, 5.74) is 2.22. The number of methoxy groups -OCH3 is 1. The van der Waals surface area contributed by atoms with Gasteiger partial charge in [0, 0.05) is 11.1 Å². The van der Waals surface area contributed by atoms with Gasteiger partial charge in [0.25, 0.3) is 0 Å². The zero-order valence-corrected chi connectivity index (χ0v) is 14.1. The molecule has 1 heterocycles. The van der Waals surface area contributed by atoms with Gasteiger partial charge in [-0.2, -0.15) is 0 Å². The Balaban J connectivity index is 1.73. The van der Waals surface area contributed by atoms with Crippen LogP contribution in [0, 0.1) is 0 Å². The molecule has 0 spiro atoms. The summed E-state index contributed by atoms with van der Waals surface area (Å²) in [5, 5.41) is 11.6. The highest BCUT2D eigenvalue weighted by Gasteiger charge is 2.45. The van der Waals surface area contributed by atoms with E-state index in [1.165, 1.54) is 7.11 Å². The van der Waals surface area contributed by atoms with Crippen LogP contribution in [0.5, 0.6) is 5.75 Å². The summed E-state index contributed by atoms with van der Waals surface area (Å²) >= 11 is 0. The number of hydrogen-bond acceptors (Lipinski definition) is 4. The van der Waals surface area contributed by atoms with Crippen molar-refractivity contribution in [1.82, 2.24) is 5.32 Å². The molecule has 2 aliphatic rings. The van der Waals surface area contributed by atoms with Crippen molar-refractivity contribution in [3.8, 4) is 5.75 Å². The molecular formula is C20H17NO5. The highest BCUT2D eigenvalue weighted by Crippen LogP contribution is 2.46. The fourth-order valence-electron chi connectivity index (χ4n) is 3.36. The standard InChI is InChI=1S/C20H17NO5/c1-25-17(16-14-4-2-3-5-15(14)26-18(16)22)12-6-8-13(9-7-12)20(10-11-20)21-19(23)24/h2-9,21H,10-11H2,1H3,(H,23,24)/b17-16-. The number of nitrogens with one attached hydrogen (secondary N) is 1. The molecule has 132 valence electrons. The number of amides is 1. The highest BCUT2D eigenvalue weighted by atomic mass is 16.5. The highest BCUT2D eigenvalue weighted by molar-refractivity contribution is 6.27. The summed E-state index contributed by atoms with van der Waals surface area (Å²) < 4.78 is 10.8. The number of para-hydroxylation sites is 1. The number of rotatable bonds is 4. The molecule has 1 aliphatic carbocycles. The Labute approximate surface area is 150 Å². The lowest BCUT2D eigenvalue weighted by Crippen LogP contribution is -2.33. The van der Waals surface area contributed by atoms with Crippen LogP contribution in [0.1, 0.15) is 29.5 Å². The summed E-state index contributed by atoms with van der Waals surface area (Å²) in [7, 11) is 1.51. The third kappa shape index (κ3) is 2.60. The molecule has 0 atom stereocenters. The van der Waals surface area contributed by atoms with Gasteiger partial charge in [0.15, 0.2) is 0 Å². The molecule has 1 amide bonds. The van der Waals surface area contributed by atoms with E-state index in [0.717, 1.165) is 24.0 Å². The molecule has 0 aromatic heterocycles. The van der Waals surface area contributed by atoms with Gasteiger partial charge >= 0.3 is 12.1 Å². The molecular weight excluding hydrogens is 334 g/mol. The molecule has 0 saturated heterocycles. The van der Waals surface area contributed by atoms with Crippen molar-refractivity contribution in [2.24, 2.45) is 0 Å². The third-order valence-corrected chi connectivity index (χ3v) is 4.79. The van der Waals surface area contributed by atoms with Gasteiger partial charge in [-0.15, -0.1) is 0 Å². The molecule has 4 rings (SSSR count). The quantitative estimate of drug-likeness (QED) is 0.382. The number of ether oxygens (including phenoxy) is 2. The van der Waals surface area contributed by atoms with Crippen molar-refractivity contribution in [3.05, 3.63) is 65.2 Å². The molecule has 1 aliphatic heterocycles. The molecule has 2 aromatic rings. The maximum atomic E-state index is 12.3. The van der Waals surface area contributed by atoms with E-state index in [1.54, 1.807) is 12.1 Å². The summed E-state index contributed by atoms with van der Waals surface area (Å²) in [6.07, 6.45) is 0.518. The minimum Gasteiger partial charge on any atom is -0.495 e. The Morgan fingerprint density at radius 2 is 1.85 bits per heavy atom. The predicted octanol–water partition coefficient (Wildman–Crippen LogP) is 3.38. The molecule has 1 saturated carbocycles. The largest absolute Gasteiger partial charge is 0.495 e. The van der Waals surface area contributed by atoms with Gasteiger partial charge in [0.2, 0.25) is 0 Å². The molecule has 1 fully saturated rings. The first-order valence-corrected chi connectivity index (χ1v) is 8.26. The minimum absolute atomic E-state index is 0.389. The number of hydrogen-bond donors (Lipinski definition) is 2. The Kier molecular flexibility index (Phi) is 3.68. The van der Waals surface area contributed by atoms with Crippen molar-refractivity contribution in [3.63, 3.8) is 0 Å². The van der Waals surface area contributed by atoms with E-state index in [4.69, 9.17) is 14.6 Å². The summed E-state index contributed by atoms with van der Waals surface area (Å²) in [6.45, 7) is 0. The summed E-state index contributed by atoms with van der Waals surface area (Å²) in [4.78, 5) is 23.3. The fraction of sp³-hybridized carbons (Fsp3) is 0.200. The molecule has 6 heteroatoms. The number of benzene rings is 2. The lowest BCUT2D eigenvalue weighted by Gasteiger charge is -2.16. The maximum Gasteiger partial charge on any atom is 0.405 e.